The highest BCUT2D eigenvalue weighted by Gasteiger charge is 2.48. The Morgan fingerprint density at radius 1 is 1.17 bits per heavy atom. The summed E-state index contributed by atoms with van der Waals surface area (Å²) in [5.74, 6) is -0.749. The summed E-state index contributed by atoms with van der Waals surface area (Å²) in [4.78, 5) is 11.1. The maximum Gasteiger partial charge on any atom is 0.397 e. The minimum atomic E-state index is -5.10. The number of aliphatic hydroxyl groups is 2. The van der Waals surface area contributed by atoms with Crippen LogP contribution in [0.15, 0.2) is 0 Å². The van der Waals surface area contributed by atoms with Crippen LogP contribution in [0, 0.1) is 0 Å². The van der Waals surface area contributed by atoms with Gasteiger partial charge in [0.2, 0.25) is 5.91 Å². The van der Waals surface area contributed by atoms with E-state index in [0.29, 0.717) is 0 Å². The summed E-state index contributed by atoms with van der Waals surface area (Å²) < 4.78 is 72.7. The molecule has 1 saturated heterocycles. The average molecular weight is 381 g/mol. The van der Waals surface area contributed by atoms with Gasteiger partial charge in [-0.1, -0.05) is 0 Å². The highest BCUT2D eigenvalue weighted by atomic mass is 32.3. The lowest BCUT2D eigenvalue weighted by molar-refractivity contribution is -0.247. The summed E-state index contributed by atoms with van der Waals surface area (Å²) in [7, 11) is -10.0. The highest BCUT2D eigenvalue weighted by molar-refractivity contribution is 7.81. The molecule has 1 heterocycles. The van der Waals surface area contributed by atoms with E-state index in [0.717, 1.165) is 6.92 Å². The van der Waals surface area contributed by atoms with Gasteiger partial charge >= 0.3 is 20.8 Å². The topological polar surface area (TPSA) is 206 Å². The minimum Gasteiger partial charge on any atom is -0.387 e. The molecule has 1 fully saturated rings. The van der Waals surface area contributed by atoms with Crippen molar-refractivity contribution >= 4 is 26.7 Å². The van der Waals surface area contributed by atoms with Gasteiger partial charge in [0.05, 0.1) is 6.61 Å². The molecule has 1 rings (SSSR count). The molecule has 0 saturated carbocycles. The van der Waals surface area contributed by atoms with Crippen LogP contribution in [0.1, 0.15) is 6.92 Å². The lowest BCUT2D eigenvalue weighted by Crippen LogP contribution is -2.65. The summed E-state index contributed by atoms with van der Waals surface area (Å²) in [5, 5.41) is 21.7. The highest BCUT2D eigenvalue weighted by Crippen LogP contribution is 2.24. The summed E-state index contributed by atoms with van der Waals surface area (Å²) in [5.41, 5.74) is 0. The molecule has 0 bridgehead atoms. The second kappa shape index (κ2) is 7.32. The third-order valence-corrected chi connectivity index (χ3v) is 3.58. The lowest BCUT2D eigenvalue weighted by atomic mass is 9.97. The minimum absolute atomic E-state index is 0.749. The number of ether oxygens (including phenoxy) is 1. The number of carbonyl (C=O) groups excluding carboxylic acids is 1. The van der Waals surface area contributed by atoms with Crippen LogP contribution >= 0.6 is 0 Å². The van der Waals surface area contributed by atoms with Gasteiger partial charge in [0.15, 0.2) is 6.29 Å². The number of hydrogen-bond acceptors (Lipinski definition) is 10. The molecule has 0 aromatic heterocycles. The van der Waals surface area contributed by atoms with Crippen molar-refractivity contribution in [2.75, 3.05) is 6.61 Å². The fourth-order valence-electron chi connectivity index (χ4n) is 1.87. The number of amides is 1. The first-order valence-corrected chi connectivity index (χ1v) is 8.59. The Morgan fingerprint density at radius 3 is 2.17 bits per heavy atom. The second-order valence-electron chi connectivity index (χ2n) is 4.48. The Morgan fingerprint density at radius 2 is 1.74 bits per heavy atom. The predicted octanol–water partition coefficient (Wildman–Crippen LogP) is -3.42. The molecular formula is C8H15NO12S2. The second-order valence-corrected chi connectivity index (χ2v) is 6.62. The van der Waals surface area contributed by atoms with Gasteiger partial charge in [0, 0.05) is 6.92 Å². The van der Waals surface area contributed by atoms with Crippen LogP contribution in [-0.2, 0) is 38.7 Å². The fourth-order valence-corrected chi connectivity index (χ4v) is 2.69. The van der Waals surface area contributed by atoms with Crippen LogP contribution in [-0.4, -0.2) is 79.3 Å². The van der Waals surface area contributed by atoms with E-state index < -0.39 is 64.0 Å². The zero-order chi connectivity index (χ0) is 18.0. The van der Waals surface area contributed by atoms with Gasteiger partial charge in [-0.25, -0.2) is 8.37 Å². The molecule has 136 valence electrons. The largest absolute Gasteiger partial charge is 0.397 e. The maximum atomic E-state index is 11.1. The molecular weight excluding hydrogens is 366 g/mol. The van der Waals surface area contributed by atoms with Crippen LogP contribution in [0.4, 0.5) is 0 Å². The van der Waals surface area contributed by atoms with Gasteiger partial charge in [-0.05, 0) is 0 Å². The van der Waals surface area contributed by atoms with Crippen molar-refractivity contribution in [3.63, 3.8) is 0 Å². The Balaban J connectivity index is 3.00. The molecule has 5 atom stereocenters. The van der Waals surface area contributed by atoms with Gasteiger partial charge in [-0.2, -0.15) is 16.8 Å². The van der Waals surface area contributed by atoms with Gasteiger partial charge in [0.25, 0.3) is 0 Å². The van der Waals surface area contributed by atoms with Crippen LogP contribution in [0.5, 0.6) is 0 Å². The normalized spacial score (nSPS) is 32.5. The Bertz CT molecular complexity index is 629. The molecule has 15 heteroatoms. The maximum absolute atomic E-state index is 11.1. The first-order chi connectivity index (χ1) is 10.3. The van der Waals surface area contributed by atoms with Crippen LogP contribution in [0.2, 0.25) is 0 Å². The lowest BCUT2D eigenvalue weighted by Gasteiger charge is -2.41. The van der Waals surface area contributed by atoms with Crippen molar-refractivity contribution in [3.8, 4) is 0 Å². The fraction of sp³-hybridized carbons (Fsp3) is 0.875. The van der Waals surface area contributed by atoms with E-state index in [2.05, 4.69) is 8.37 Å². The third-order valence-electron chi connectivity index (χ3n) is 2.68. The molecule has 13 nitrogen and oxygen atoms in total. The molecule has 0 aromatic rings. The number of carbonyl (C=O) groups is 1. The van der Waals surface area contributed by atoms with Crippen molar-refractivity contribution in [2.24, 2.45) is 0 Å². The first kappa shape index (κ1) is 20.1. The SMILES string of the molecule is CC(=O)N[C@H]1C(O)O[C@H](COS(=O)(=O)O)[C@@H](O)[C@@H]1OS(=O)(=O)O. The van der Waals surface area contributed by atoms with E-state index in [1.54, 1.807) is 0 Å². The van der Waals surface area contributed by atoms with Crippen LogP contribution in [0.3, 0.4) is 0 Å². The number of rotatable bonds is 6. The monoisotopic (exact) mass is 381 g/mol. The third kappa shape index (κ3) is 6.61. The first-order valence-electron chi connectivity index (χ1n) is 5.86. The van der Waals surface area contributed by atoms with E-state index in [1.807, 2.05) is 5.32 Å². The van der Waals surface area contributed by atoms with Gasteiger partial charge < -0.3 is 20.3 Å². The van der Waals surface area contributed by atoms with Crippen molar-refractivity contribution in [3.05, 3.63) is 0 Å². The van der Waals surface area contributed by atoms with E-state index in [-0.39, 0.29) is 0 Å². The average Bonchev–Trinajstić information content (AvgIpc) is 2.33. The molecule has 1 amide bonds. The molecule has 0 aliphatic carbocycles. The van der Waals surface area contributed by atoms with Gasteiger partial charge in [-0.3, -0.25) is 13.9 Å². The Kier molecular flexibility index (Phi) is 6.41. The van der Waals surface area contributed by atoms with E-state index >= 15 is 0 Å². The zero-order valence-electron chi connectivity index (χ0n) is 11.5. The molecule has 0 radical (unpaired) electrons. The molecule has 1 aliphatic heterocycles. The zero-order valence-corrected chi connectivity index (χ0v) is 13.1. The van der Waals surface area contributed by atoms with E-state index in [9.17, 15) is 31.8 Å². The predicted molar refractivity (Wildman–Crippen MR) is 68.4 cm³/mol. The standard InChI is InChI=1S/C8H15NO12S2/c1-3(10)9-5-7(21-23(16,17)18)6(11)4(20-8(5)12)2-19-22(13,14)15/h4-8,11-12H,2H2,1H3,(H,9,10)(H,13,14,15)(H,16,17,18)/t4-,5-,6-,7-,8?/m1/s1. The smallest absolute Gasteiger partial charge is 0.387 e. The molecule has 0 spiro atoms. The van der Waals surface area contributed by atoms with Crippen molar-refractivity contribution < 1.29 is 54.1 Å². The van der Waals surface area contributed by atoms with E-state index in [1.165, 1.54) is 0 Å². The van der Waals surface area contributed by atoms with Crippen LogP contribution in [0.25, 0.3) is 0 Å². The van der Waals surface area contributed by atoms with Crippen molar-refractivity contribution in [1.82, 2.24) is 5.32 Å². The number of aliphatic hydroxyl groups excluding tert-OH is 2. The summed E-state index contributed by atoms with van der Waals surface area (Å²) in [6, 6.07) is -1.61. The van der Waals surface area contributed by atoms with Gasteiger partial charge in [-0.15, -0.1) is 0 Å². The number of nitrogens with one attached hydrogen (secondary N) is 1. The summed E-state index contributed by atoms with van der Waals surface area (Å²) in [6.45, 7) is 0.00628. The quantitative estimate of drug-likeness (QED) is 0.285. The number of hydrogen-bond donors (Lipinski definition) is 5. The van der Waals surface area contributed by atoms with E-state index in [4.69, 9.17) is 13.8 Å². The molecule has 1 unspecified atom stereocenters. The summed E-state index contributed by atoms with van der Waals surface area (Å²) in [6.07, 6.45) is -7.49. The Labute approximate surface area is 131 Å². The van der Waals surface area contributed by atoms with Crippen molar-refractivity contribution in [1.29, 1.82) is 0 Å². The van der Waals surface area contributed by atoms with Crippen LogP contribution < -0.4 is 5.32 Å². The van der Waals surface area contributed by atoms with Gasteiger partial charge in [0.1, 0.15) is 24.4 Å². The molecule has 5 N–H and O–H groups in total. The molecule has 23 heavy (non-hydrogen) atoms. The molecule has 1 aliphatic rings. The van der Waals surface area contributed by atoms with Crippen molar-refractivity contribution in [2.45, 2.75) is 37.6 Å². The molecule has 0 aromatic carbocycles. The Hall–Kier alpha value is -0.910. The summed E-state index contributed by atoms with van der Waals surface area (Å²) >= 11 is 0.